The zero-order chi connectivity index (χ0) is 17.4. The number of hydrogen-bond donors (Lipinski definition) is 4. The van der Waals surface area contributed by atoms with Gasteiger partial charge in [-0.15, -0.1) is 0 Å². The first-order valence-electron chi connectivity index (χ1n) is 5.14. The Balaban J connectivity index is 0.000000541. The van der Waals surface area contributed by atoms with Crippen molar-refractivity contribution in [2.24, 2.45) is 0 Å². The Morgan fingerprint density at radius 3 is 1.18 bits per heavy atom. The van der Waals surface area contributed by atoms with Crippen molar-refractivity contribution < 1.29 is 45.8 Å². The maximum absolute atomic E-state index is 13.4. The maximum Gasteiger partial charge on any atom is 0.631 e. The van der Waals surface area contributed by atoms with Crippen molar-refractivity contribution in [3.8, 4) is 0 Å². The molecule has 0 radical (unpaired) electrons. The highest BCUT2D eigenvalue weighted by molar-refractivity contribution is 6.30. The highest BCUT2D eigenvalue weighted by atomic mass is 19.2. The normalized spacial score (nSPS) is 10.5. The van der Waals surface area contributed by atoms with E-state index in [0.717, 1.165) is 0 Å². The average Bonchev–Trinajstić information content (AvgIpc) is 2.43. The van der Waals surface area contributed by atoms with Gasteiger partial charge in [0.1, 0.15) is 5.69 Å². The van der Waals surface area contributed by atoms with E-state index in [-0.39, 0.29) is 0 Å². The summed E-state index contributed by atoms with van der Waals surface area (Å²) in [5, 5.41) is 18.2. The SMILES string of the molecule is Nc1c(F)c(F)c2c(F)c(F)c(F)c(F)c2c1F.OB(O)O. The molecular weight excluding hydrogens is 326 g/mol. The van der Waals surface area contributed by atoms with E-state index in [0.29, 0.717) is 0 Å². The van der Waals surface area contributed by atoms with E-state index in [1.165, 1.54) is 0 Å². The van der Waals surface area contributed by atoms with Crippen molar-refractivity contribution in [2.75, 3.05) is 5.73 Å². The van der Waals surface area contributed by atoms with Crippen molar-refractivity contribution in [1.82, 2.24) is 0 Å². The molecule has 0 spiro atoms. The molecule has 0 bridgehead atoms. The predicted molar refractivity (Wildman–Crippen MR) is 60.5 cm³/mol. The van der Waals surface area contributed by atoms with Gasteiger partial charge in [-0.2, -0.15) is 0 Å². The summed E-state index contributed by atoms with van der Waals surface area (Å²) in [5.74, 6) is -15.2. The minimum Gasteiger partial charge on any atom is -0.402 e. The molecule has 0 aromatic heterocycles. The summed E-state index contributed by atoms with van der Waals surface area (Å²) in [6, 6.07) is 0. The number of rotatable bonds is 0. The Labute approximate surface area is 117 Å². The first-order chi connectivity index (χ1) is 10.0. The molecule has 22 heavy (non-hydrogen) atoms. The van der Waals surface area contributed by atoms with Crippen LogP contribution in [0.25, 0.3) is 10.8 Å². The van der Waals surface area contributed by atoms with Crippen molar-refractivity contribution in [2.45, 2.75) is 0 Å². The fourth-order valence-corrected chi connectivity index (χ4v) is 1.50. The lowest BCUT2D eigenvalue weighted by atomic mass is 10.1. The van der Waals surface area contributed by atoms with Crippen molar-refractivity contribution >= 4 is 23.8 Å². The molecule has 12 heteroatoms. The van der Waals surface area contributed by atoms with Crippen LogP contribution in [0.4, 0.5) is 36.4 Å². The van der Waals surface area contributed by atoms with Crippen LogP contribution in [-0.4, -0.2) is 22.4 Å². The molecule has 0 saturated carbocycles. The first-order valence-corrected chi connectivity index (χ1v) is 5.14. The third kappa shape index (κ3) is 2.93. The number of nitrogen functional groups attached to an aromatic ring is 1. The molecular formula is C10H5BF7NO3. The Hall–Kier alpha value is -2.05. The fraction of sp³-hybridized carbons (Fsp3) is 0. The van der Waals surface area contributed by atoms with Crippen LogP contribution >= 0.6 is 0 Å². The molecule has 2 rings (SSSR count). The number of benzene rings is 2. The standard InChI is InChI=1S/C10H2F7N.BH3O3/c11-3-1-2(4(12)8(16)7(3)15)6(14)10(18)9(17)5(1)13;2-1(3)4/h18H2;2-4H. The molecule has 0 fully saturated rings. The molecule has 2 aromatic rings. The molecule has 0 atom stereocenters. The number of nitrogens with two attached hydrogens (primary N) is 1. The quantitative estimate of drug-likeness (QED) is 0.193. The summed E-state index contributed by atoms with van der Waals surface area (Å²) in [6.07, 6.45) is 0. The summed E-state index contributed by atoms with van der Waals surface area (Å²) >= 11 is 0. The highest BCUT2D eigenvalue weighted by Gasteiger charge is 2.29. The van der Waals surface area contributed by atoms with Crippen LogP contribution in [0.15, 0.2) is 0 Å². The Kier molecular flexibility index (Phi) is 5.22. The first kappa shape index (κ1) is 18.0. The van der Waals surface area contributed by atoms with Crippen LogP contribution in [-0.2, 0) is 0 Å². The molecule has 0 aliphatic carbocycles. The maximum atomic E-state index is 13.4. The van der Waals surface area contributed by atoms with E-state index in [9.17, 15) is 30.7 Å². The van der Waals surface area contributed by atoms with Crippen LogP contribution < -0.4 is 5.73 Å². The van der Waals surface area contributed by atoms with Crippen LogP contribution in [0.1, 0.15) is 0 Å². The average molecular weight is 331 g/mol. The van der Waals surface area contributed by atoms with Crippen molar-refractivity contribution in [1.29, 1.82) is 0 Å². The third-order valence-corrected chi connectivity index (χ3v) is 2.37. The fourth-order valence-electron chi connectivity index (χ4n) is 1.50. The number of halogens is 7. The third-order valence-electron chi connectivity index (χ3n) is 2.37. The topological polar surface area (TPSA) is 86.7 Å². The Bertz CT molecular complexity index is 625. The predicted octanol–water partition coefficient (Wildman–Crippen LogP) is 1.34. The molecule has 0 amide bonds. The second-order valence-corrected chi connectivity index (χ2v) is 3.71. The van der Waals surface area contributed by atoms with Crippen molar-refractivity contribution in [3.05, 3.63) is 40.7 Å². The van der Waals surface area contributed by atoms with Crippen LogP contribution in [0, 0.1) is 40.7 Å². The summed E-state index contributed by atoms with van der Waals surface area (Å²) in [7, 11) is -2.17. The Morgan fingerprint density at radius 2 is 0.818 bits per heavy atom. The van der Waals surface area contributed by atoms with Gasteiger partial charge in [-0.1, -0.05) is 0 Å². The number of anilines is 1. The van der Waals surface area contributed by atoms with Gasteiger partial charge in [0.15, 0.2) is 40.7 Å². The molecule has 5 N–H and O–H groups in total. The van der Waals surface area contributed by atoms with Crippen LogP contribution in [0.2, 0.25) is 0 Å². The van der Waals surface area contributed by atoms with E-state index in [2.05, 4.69) is 0 Å². The second-order valence-electron chi connectivity index (χ2n) is 3.71. The summed E-state index contributed by atoms with van der Waals surface area (Å²) in [5.41, 5.74) is 3.31. The van der Waals surface area contributed by atoms with Gasteiger partial charge >= 0.3 is 7.32 Å². The van der Waals surface area contributed by atoms with E-state index in [1.54, 1.807) is 0 Å². The highest BCUT2D eigenvalue weighted by Crippen LogP contribution is 2.35. The minimum absolute atomic E-state index is 1.45. The number of fused-ring (bicyclic) bond motifs is 1. The van der Waals surface area contributed by atoms with Gasteiger partial charge in [-0.25, -0.2) is 30.7 Å². The van der Waals surface area contributed by atoms with E-state index >= 15 is 0 Å². The van der Waals surface area contributed by atoms with Gasteiger partial charge in [-0.3, -0.25) is 0 Å². The molecule has 120 valence electrons. The number of hydrogen-bond acceptors (Lipinski definition) is 4. The van der Waals surface area contributed by atoms with Crippen LogP contribution in [0.5, 0.6) is 0 Å². The molecule has 4 nitrogen and oxygen atoms in total. The molecule has 0 heterocycles. The Morgan fingerprint density at radius 1 is 0.545 bits per heavy atom. The van der Waals surface area contributed by atoms with E-state index in [1.807, 2.05) is 0 Å². The summed E-state index contributed by atoms with van der Waals surface area (Å²) in [6.45, 7) is 0. The molecule has 0 aliphatic rings. The van der Waals surface area contributed by atoms with Gasteiger partial charge < -0.3 is 20.8 Å². The van der Waals surface area contributed by atoms with Gasteiger partial charge in [0.25, 0.3) is 0 Å². The van der Waals surface area contributed by atoms with Crippen LogP contribution in [0.3, 0.4) is 0 Å². The lowest BCUT2D eigenvalue weighted by molar-refractivity contribution is 0.278. The lowest BCUT2D eigenvalue weighted by Gasteiger charge is -2.09. The zero-order valence-electron chi connectivity index (χ0n) is 10.1. The lowest BCUT2D eigenvalue weighted by Crippen LogP contribution is -2.07. The van der Waals surface area contributed by atoms with Gasteiger partial charge in [0.05, 0.1) is 10.8 Å². The monoisotopic (exact) mass is 331 g/mol. The zero-order valence-corrected chi connectivity index (χ0v) is 10.1. The minimum atomic E-state index is -2.37. The summed E-state index contributed by atoms with van der Waals surface area (Å²) < 4.78 is 91.8. The van der Waals surface area contributed by atoms with E-state index in [4.69, 9.17) is 20.8 Å². The van der Waals surface area contributed by atoms with Gasteiger partial charge in [-0.05, 0) is 0 Å². The molecule has 0 aliphatic heterocycles. The van der Waals surface area contributed by atoms with Gasteiger partial charge in [0, 0.05) is 0 Å². The van der Waals surface area contributed by atoms with E-state index < -0.39 is 64.5 Å². The molecule has 0 saturated heterocycles. The largest absolute Gasteiger partial charge is 0.631 e. The van der Waals surface area contributed by atoms with Crippen molar-refractivity contribution in [3.63, 3.8) is 0 Å². The summed E-state index contributed by atoms with van der Waals surface area (Å²) in [4.78, 5) is 0. The smallest absolute Gasteiger partial charge is 0.402 e. The molecule has 0 unspecified atom stereocenters. The second kappa shape index (κ2) is 6.38. The molecule has 2 aromatic carbocycles. The van der Waals surface area contributed by atoms with Gasteiger partial charge in [0.2, 0.25) is 0 Å².